The Balaban J connectivity index is 2.48. The molecule has 1 amide bonds. The molecule has 2 heteroatoms. The van der Waals surface area contributed by atoms with Crippen molar-refractivity contribution in [1.29, 1.82) is 0 Å². The molecule has 0 spiro atoms. The van der Waals surface area contributed by atoms with Crippen molar-refractivity contribution < 1.29 is 4.79 Å². The predicted octanol–water partition coefficient (Wildman–Crippen LogP) is 2.54. The maximum absolute atomic E-state index is 11.5. The Kier molecular flexibility index (Phi) is 4.17. The van der Waals surface area contributed by atoms with Crippen LogP contribution in [0.5, 0.6) is 0 Å². The molecule has 0 aliphatic rings. The van der Waals surface area contributed by atoms with E-state index < -0.39 is 0 Å². The number of hydrogen-bond acceptors (Lipinski definition) is 1. The highest BCUT2D eigenvalue weighted by Crippen LogP contribution is 2.03. The highest BCUT2D eigenvalue weighted by Gasteiger charge is 2.04. The molecular weight excluding hydrogens is 174 g/mol. The van der Waals surface area contributed by atoms with E-state index in [1.54, 1.807) is 0 Å². The number of rotatable bonds is 4. The van der Waals surface area contributed by atoms with Gasteiger partial charge in [-0.15, -0.1) is 0 Å². The lowest BCUT2D eigenvalue weighted by Crippen LogP contribution is -2.16. The van der Waals surface area contributed by atoms with Crippen LogP contribution in [0.15, 0.2) is 24.3 Å². The molecule has 75 valence electrons. The number of amides is 1. The summed E-state index contributed by atoms with van der Waals surface area (Å²) in [6, 6.07) is 7.52. The smallest absolute Gasteiger partial charge is 0.267 e. The zero-order valence-electron chi connectivity index (χ0n) is 8.79. The van der Waals surface area contributed by atoms with Gasteiger partial charge < -0.3 is 0 Å². The second-order valence-electron chi connectivity index (χ2n) is 3.41. The number of unbranched alkanes of at least 4 members (excludes halogenated alkanes) is 1. The first-order chi connectivity index (χ1) is 6.74. The molecule has 1 rings (SSSR count). The zero-order chi connectivity index (χ0) is 10.4. The number of aryl methyl sites for hydroxylation is 1. The summed E-state index contributed by atoms with van der Waals surface area (Å²) >= 11 is 0. The maximum Gasteiger partial charge on any atom is 0.272 e. The first kappa shape index (κ1) is 10.8. The normalized spacial score (nSPS) is 9.86. The van der Waals surface area contributed by atoms with Crippen LogP contribution < -0.4 is 5.32 Å². The van der Waals surface area contributed by atoms with Gasteiger partial charge in [0.25, 0.3) is 5.91 Å². The van der Waals surface area contributed by atoms with Crippen molar-refractivity contribution in [1.82, 2.24) is 5.32 Å². The minimum Gasteiger partial charge on any atom is -0.267 e. The minimum atomic E-state index is -0.0987. The van der Waals surface area contributed by atoms with E-state index in [0.717, 1.165) is 18.4 Å². The second kappa shape index (κ2) is 5.43. The van der Waals surface area contributed by atoms with Crippen molar-refractivity contribution in [2.45, 2.75) is 26.7 Å². The molecule has 0 unspecified atom stereocenters. The fourth-order valence-electron chi connectivity index (χ4n) is 1.13. The van der Waals surface area contributed by atoms with Gasteiger partial charge >= 0.3 is 0 Å². The molecule has 0 atom stereocenters. The number of carbonyl (C=O) groups excluding carboxylic acids is 1. The van der Waals surface area contributed by atoms with E-state index in [-0.39, 0.29) is 5.91 Å². The predicted molar refractivity (Wildman–Crippen MR) is 57.4 cm³/mol. The van der Waals surface area contributed by atoms with E-state index in [9.17, 15) is 4.79 Å². The molecule has 1 radical (unpaired) electrons. The van der Waals surface area contributed by atoms with Gasteiger partial charge in [0.05, 0.1) is 0 Å². The van der Waals surface area contributed by atoms with Crippen molar-refractivity contribution in [3.63, 3.8) is 0 Å². The van der Waals surface area contributed by atoms with Crippen LogP contribution in [0.25, 0.3) is 0 Å². The van der Waals surface area contributed by atoms with Gasteiger partial charge in [-0.05, 0) is 25.5 Å². The average molecular weight is 190 g/mol. The highest BCUT2D eigenvalue weighted by atomic mass is 16.1. The number of hydrogen-bond donors (Lipinski definition) is 0. The molecule has 0 bridgehead atoms. The lowest BCUT2D eigenvalue weighted by molar-refractivity contribution is 0.0948. The van der Waals surface area contributed by atoms with Gasteiger partial charge in [0.1, 0.15) is 0 Å². The monoisotopic (exact) mass is 190 g/mol. The quantitative estimate of drug-likeness (QED) is 0.671. The molecule has 14 heavy (non-hydrogen) atoms. The van der Waals surface area contributed by atoms with Crippen LogP contribution in [0.1, 0.15) is 35.7 Å². The largest absolute Gasteiger partial charge is 0.272 e. The van der Waals surface area contributed by atoms with Crippen LogP contribution in [0.2, 0.25) is 0 Å². The summed E-state index contributed by atoms with van der Waals surface area (Å²) in [6.45, 7) is 4.73. The van der Waals surface area contributed by atoms with E-state index in [4.69, 9.17) is 0 Å². The molecule has 0 heterocycles. The standard InChI is InChI=1S/C12H16NO/c1-3-4-9-13-12(14)11-7-5-10(2)6-8-11/h5-8H,3-4,9H2,1-2H3. The third-order valence-corrected chi connectivity index (χ3v) is 2.07. The van der Waals surface area contributed by atoms with Crippen LogP contribution in [0.4, 0.5) is 0 Å². The minimum absolute atomic E-state index is 0.0987. The average Bonchev–Trinajstić information content (AvgIpc) is 2.19. The summed E-state index contributed by atoms with van der Waals surface area (Å²) in [6.07, 6.45) is 2.06. The lowest BCUT2D eigenvalue weighted by atomic mass is 10.1. The van der Waals surface area contributed by atoms with Crippen LogP contribution in [-0.4, -0.2) is 12.5 Å². The molecule has 0 aliphatic carbocycles. The molecule has 1 aromatic rings. The van der Waals surface area contributed by atoms with Gasteiger partial charge in [-0.1, -0.05) is 31.0 Å². The van der Waals surface area contributed by atoms with Gasteiger partial charge in [-0.25, -0.2) is 5.32 Å². The van der Waals surface area contributed by atoms with Gasteiger partial charge in [-0.2, -0.15) is 0 Å². The fraction of sp³-hybridized carbons (Fsp3) is 0.417. The topological polar surface area (TPSA) is 31.2 Å². The summed E-state index contributed by atoms with van der Waals surface area (Å²) in [7, 11) is 0. The third kappa shape index (κ3) is 3.21. The van der Waals surface area contributed by atoms with Crippen LogP contribution in [0, 0.1) is 6.92 Å². The Labute approximate surface area is 85.3 Å². The molecule has 0 N–H and O–H groups in total. The molecule has 0 saturated carbocycles. The number of nitrogens with zero attached hydrogens (tertiary/aromatic N) is 1. The first-order valence-electron chi connectivity index (χ1n) is 5.02. The maximum atomic E-state index is 11.5. The number of carbonyl (C=O) groups is 1. The van der Waals surface area contributed by atoms with E-state index in [1.807, 2.05) is 31.2 Å². The van der Waals surface area contributed by atoms with Crippen molar-refractivity contribution in [3.05, 3.63) is 35.4 Å². The summed E-state index contributed by atoms with van der Waals surface area (Å²) in [5.74, 6) is -0.0987. The van der Waals surface area contributed by atoms with Gasteiger partial charge in [0.2, 0.25) is 0 Å². The molecule has 0 saturated heterocycles. The molecule has 0 aromatic heterocycles. The van der Waals surface area contributed by atoms with Gasteiger partial charge in [0, 0.05) is 12.1 Å². The third-order valence-electron chi connectivity index (χ3n) is 2.07. The summed E-state index contributed by atoms with van der Waals surface area (Å²) in [5.41, 5.74) is 1.85. The second-order valence-corrected chi connectivity index (χ2v) is 3.41. The Morgan fingerprint density at radius 1 is 1.29 bits per heavy atom. The lowest BCUT2D eigenvalue weighted by Gasteiger charge is -2.01. The first-order valence-corrected chi connectivity index (χ1v) is 5.02. The van der Waals surface area contributed by atoms with Gasteiger partial charge in [-0.3, -0.25) is 4.79 Å². The van der Waals surface area contributed by atoms with Crippen molar-refractivity contribution >= 4 is 5.91 Å². The molecular formula is C12H16NO. The van der Waals surface area contributed by atoms with E-state index in [0.29, 0.717) is 12.1 Å². The molecule has 0 fully saturated rings. The molecule has 0 aliphatic heterocycles. The Bertz CT molecular complexity index is 290. The van der Waals surface area contributed by atoms with Crippen molar-refractivity contribution in [2.75, 3.05) is 6.54 Å². The van der Waals surface area contributed by atoms with E-state index in [1.165, 1.54) is 0 Å². The Hall–Kier alpha value is -1.31. The SMILES string of the molecule is CCCC[N]C(=O)c1ccc(C)cc1. The summed E-state index contributed by atoms with van der Waals surface area (Å²) < 4.78 is 0. The molecule has 1 aromatic carbocycles. The van der Waals surface area contributed by atoms with Crippen molar-refractivity contribution in [2.24, 2.45) is 0 Å². The van der Waals surface area contributed by atoms with Crippen LogP contribution in [0.3, 0.4) is 0 Å². The fourth-order valence-corrected chi connectivity index (χ4v) is 1.13. The number of benzene rings is 1. The Morgan fingerprint density at radius 3 is 2.50 bits per heavy atom. The summed E-state index contributed by atoms with van der Waals surface area (Å²) in [4.78, 5) is 11.5. The van der Waals surface area contributed by atoms with Crippen LogP contribution in [-0.2, 0) is 0 Å². The van der Waals surface area contributed by atoms with Crippen LogP contribution >= 0.6 is 0 Å². The van der Waals surface area contributed by atoms with E-state index >= 15 is 0 Å². The zero-order valence-corrected chi connectivity index (χ0v) is 8.79. The molecule has 2 nitrogen and oxygen atoms in total. The van der Waals surface area contributed by atoms with Gasteiger partial charge in [0.15, 0.2) is 0 Å². The summed E-state index contributed by atoms with van der Waals surface area (Å²) in [5, 5.41) is 3.97. The highest BCUT2D eigenvalue weighted by molar-refractivity contribution is 5.93. The van der Waals surface area contributed by atoms with E-state index in [2.05, 4.69) is 12.2 Å². The Morgan fingerprint density at radius 2 is 1.93 bits per heavy atom. The van der Waals surface area contributed by atoms with Crippen molar-refractivity contribution in [3.8, 4) is 0 Å².